The summed E-state index contributed by atoms with van der Waals surface area (Å²) in [5.41, 5.74) is 0. The average Bonchev–Trinajstić information content (AvgIpc) is 2.68. The van der Waals surface area contributed by atoms with Crippen LogP contribution in [0.3, 0.4) is 0 Å². The molecule has 1 aliphatic rings. The van der Waals surface area contributed by atoms with E-state index in [-0.39, 0.29) is 29.7 Å². The fraction of sp³-hybridized carbons (Fsp3) is 0.909. The Hall–Kier alpha value is -0.0500. The minimum absolute atomic E-state index is 0. The smallest absolute Gasteiger partial charge is 0.191 e. The van der Waals surface area contributed by atoms with Crippen molar-refractivity contribution in [2.45, 2.75) is 38.6 Å². The summed E-state index contributed by atoms with van der Waals surface area (Å²) in [6.07, 6.45) is 6.12. The first-order valence-corrected chi connectivity index (χ1v) is 8.30. The maximum absolute atomic E-state index is 11.0. The number of hydrogen-bond donors (Lipinski definition) is 2. The lowest BCUT2D eigenvalue weighted by molar-refractivity contribution is 0.600. The number of halogens is 1. The molecule has 0 heterocycles. The van der Waals surface area contributed by atoms with Crippen LogP contribution in [0.15, 0.2) is 4.99 Å². The molecule has 5 nitrogen and oxygen atoms in total. The summed E-state index contributed by atoms with van der Waals surface area (Å²) in [7, 11) is -2.92. The molecule has 108 valence electrons. The molecule has 0 aromatic rings. The highest BCUT2D eigenvalue weighted by Crippen LogP contribution is 2.17. The molecule has 1 fully saturated rings. The summed E-state index contributed by atoms with van der Waals surface area (Å²) in [5, 5.41) is 6.49. The van der Waals surface area contributed by atoms with Crippen LogP contribution < -0.4 is 10.6 Å². The molecule has 7 heteroatoms. The van der Waals surface area contributed by atoms with Gasteiger partial charge >= 0.3 is 0 Å². The zero-order chi connectivity index (χ0) is 12.7. The summed E-state index contributed by atoms with van der Waals surface area (Å²) >= 11 is 0. The Labute approximate surface area is 127 Å². The maximum atomic E-state index is 11.0. The van der Waals surface area contributed by atoms with Gasteiger partial charge in [-0.2, -0.15) is 0 Å². The van der Waals surface area contributed by atoms with Gasteiger partial charge in [-0.15, -0.1) is 24.0 Å². The molecule has 0 aromatic carbocycles. The predicted molar refractivity (Wildman–Crippen MR) is 86.5 cm³/mol. The van der Waals surface area contributed by atoms with Crippen LogP contribution in [-0.2, 0) is 9.84 Å². The van der Waals surface area contributed by atoms with Crippen molar-refractivity contribution in [1.82, 2.24) is 10.6 Å². The Morgan fingerprint density at radius 2 is 1.94 bits per heavy atom. The molecule has 0 amide bonds. The molecule has 2 N–H and O–H groups in total. The van der Waals surface area contributed by atoms with Crippen LogP contribution in [0.25, 0.3) is 0 Å². The van der Waals surface area contributed by atoms with Gasteiger partial charge < -0.3 is 10.6 Å². The van der Waals surface area contributed by atoms with Crippen LogP contribution in [0, 0.1) is 0 Å². The second kappa shape index (κ2) is 8.95. The van der Waals surface area contributed by atoms with Crippen LogP contribution in [0.2, 0.25) is 0 Å². The summed E-state index contributed by atoms with van der Waals surface area (Å²) < 4.78 is 22.0. The number of guanidine groups is 1. The van der Waals surface area contributed by atoms with E-state index < -0.39 is 9.84 Å². The van der Waals surface area contributed by atoms with Gasteiger partial charge in [0.25, 0.3) is 0 Å². The van der Waals surface area contributed by atoms with E-state index in [9.17, 15) is 8.42 Å². The van der Waals surface area contributed by atoms with Gasteiger partial charge in [0.2, 0.25) is 0 Å². The molecule has 0 radical (unpaired) electrons. The summed E-state index contributed by atoms with van der Waals surface area (Å²) in [6, 6.07) is 0.492. The zero-order valence-electron chi connectivity index (χ0n) is 11.1. The Balaban J connectivity index is 0.00000289. The quantitative estimate of drug-likeness (QED) is 0.421. The molecule has 0 aliphatic heterocycles. The first kappa shape index (κ1) is 17.9. The molecule has 0 atom stereocenters. The first-order chi connectivity index (χ1) is 8.01. The fourth-order valence-electron chi connectivity index (χ4n) is 1.91. The Morgan fingerprint density at radius 1 is 1.33 bits per heavy atom. The Kier molecular flexibility index (Phi) is 8.93. The van der Waals surface area contributed by atoms with E-state index in [1.54, 1.807) is 0 Å². The van der Waals surface area contributed by atoms with Crippen molar-refractivity contribution in [3.63, 3.8) is 0 Å². The third-order valence-corrected chi connectivity index (χ3v) is 3.70. The van der Waals surface area contributed by atoms with E-state index in [1.165, 1.54) is 31.9 Å². The van der Waals surface area contributed by atoms with Crippen LogP contribution in [-0.4, -0.2) is 45.5 Å². The topological polar surface area (TPSA) is 70.6 Å². The molecule has 0 spiro atoms. The molecule has 0 saturated heterocycles. The molecular formula is C11H24IN3O2S. The highest BCUT2D eigenvalue weighted by Gasteiger charge is 2.15. The number of rotatable bonds is 5. The third kappa shape index (κ3) is 8.12. The van der Waals surface area contributed by atoms with Gasteiger partial charge in [-0.25, -0.2) is 8.42 Å². The van der Waals surface area contributed by atoms with Gasteiger partial charge in [0, 0.05) is 18.8 Å². The lowest BCUT2D eigenvalue weighted by Crippen LogP contribution is -2.42. The molecule has 0 unspecified atom stereocenters. The van der Waals surface area contributed by atoms with E-state index in [0.29, 0.717) is 12.6 Å². The third-order valence-electron chi connectivity index (χ3n) is 2.77. The number of nitrogens with one attached hydrogen (secondary N) is 2. The van der Waals surface area contributed by atoms with Crippen LogP contribution in [0.4, 0.5) is 0 Å². The van der Waals surface area contributed by atoms with Crippen molar-refractivity contribution in [3.8, 4) is 0 Å². The molecule has 1 saturated carbocycles. The molecular weight excluding hydrogens is 365 g/mol. The second-order valence-electron chi connectivity index (χ2n) is 4.52. The lowest BCUT2D eigenvalue weighted by Gasteiger charge is -2.16. The summed E-state index contributed by atoms with van der Waals surface area (Å²) in [6.45, 7) is 3.11. The van der Waals surface area contributed by atoms with Crippen molar-refractivity contribution < 1.29 is 8.42 Å². The Bertz CT molecular complexity index is 351. The SMILES string of the molecule is CCNC(=NCCS(C)(=O)=O)NC1CCCC1.I. The maximum Gasteiger partial charge on any atom is 0.191 e. The standard InChI is InChI=1S/C11H23N3O2S.HI/c1-3-12-11(13-8-9-17(2,15)16)14-10-6-4-5-7-10;/h10H,3-9H2,1-2H3,(H2,12,13,14);1H. The first-order valence-electron chi connectivity index (χ1n) is 6.24. The largest absolute Gasteiger partial charge is 0.357 e. The van der Waals surface area contributed by atoms with Gasteiger partial charge in [0.05, 0.1) is 12.3 Å². The predicted octanol–water partition coefficient (Wildman–Crippen LogP) is 1.15. The minimum Gasteiger partial charge on any atom is -0.357 e. The van der Waals surface area contributed by atoms with Crippen molar-refractivity contribution in [1.29, 1.82) is 0 Å². The second-order valence-corrected chi connectivity index (χ2v) is 6.78. The molecule has 0 bridgehead atoms. The van der Waals surface area contributed by atoms with Crippen LogP contribution >= 0.6 is 24.0 Å². The van der Waals surface area contributed by atoms with Crippen molar-refractivity contribution in [2.75, 3.05) is 25.1 Å². The molecule has 1 rings (SSSR count). The number of nitrogens with zero attached hydrogens (tertiary/aromatic N) is 1. The molecule has 1 aliphatic carbocycles. The van der Waals surface area contributed by atoms with Crippen molar-refractivity contribution >= 4 is 39.8 Å². The van der Waals surface area contributed by atoms with Crippen molar-refractivity contribution in [2.24, 2.45) is 4.99 Å². The summed E-state index contributed by atoms with van der Waals surface area (Å²) in [4.78, 5) is 4.28. The van der Waals surface area contributed by atoms with Crippen LogP contribution in [0.5, 0.6) is 0 Å². The van der Waals surface area contributed by atoms with Crippen LogP contribution in [0.1, 0.15) is 32.6 Å². The molecule has 18 heavy (non-hydrogen) atoms. The fourth-order valence-corrected chi connectivity index (χ4v) is 2.33. The zero-order valence-corrected chi connectivity index (χ0v) is 14.3. The highest BCUT2D eigenvalue weighted by molar-refractivity contribution is 14.0. The minimum atomic E-state index is -2.92. The monoisotopic (exact) mass is 389 g/mol. The number of sulfone groups is 1. The van der Waals surface area contributed by atoms with Gasteiger partial charge in [0.1, 0.15) is 9.84 Å². The highest BCUT2D eigenvalue weighted by atomic mass is 127. The van der Waals surface area contributed by atoms with Crippen molar-refractivity contribution in [3.05, 3.63) is 0 Å². The average molecular weight is 389 g/mol. The number of hydrogen-bond acceptors (Lipinski definition) is 3. The normalized spacial score (nSPS) is 17.3. The van der Waals surface area contributed by atoms with E-state index in [2.05, 4.69) is 15.6 Å². The van der Waals surface area contributed by atoms with E-state index >= 15 is 0 Å². The summed E-state index contributed by atoms with van der Waals surface area (Å²) in [5.74, 6) is 0.844. The molecule has 0 aromatic heterocycles. The number of aliphatic imine (C=N–C) groups is 1. The van der Waals surface area contributed by atoms with Gasteiger partial charge in [-0.3, -0.25) is 4.99 Å². The van der Waals surface area contributed by atoms with E-state index in [4.69, 9.17) is 0 Å². The Morgan fingerprint density at radius 3 is 2.44 bits per heavy atom. The van der Waals surface area contributed by atoms with Gasteiger partial charge in [-0.05, 0) is 19.8 Å². The van der Waals surface area contributed by atoms with E-state index in [1.807, 2.05) is 6.92 Å². The van der Waals surface area contributed by atoms with Gasteiger partial charge in [-0.1, -0.05) is 12.8 Å². The lowest BCUT2D eigenvalue weighted by atomic mass is 10.2. The van der Waals surface area contributed by atoms with E-state index in [0.717, 1.165) is 12.5 Å². The van der Waals surface area contributed by atoms with Gasteiger partial charge in [0.15, 0.2) is 5.96 Å².